The predicted molar refractivity (Wildman–Crippen MR) is 72.6 cm³/mol. The number of nitrogens with one attached hydrogen (secondary N) is 3. The van der Waals surface area contributed by atoms with Gasteiger partial charge in [0.15, 0.2) is 0 Å². The van der Waals surface area contributed by atoms with Gasteiger partial charge in [-0.2, -0.15) is 0 Å². The van der Waals surface area contributed by atoms with Crippen LogP contribution >= 0.6 is 0 Å². The van der Waals surface area contributed by atoms with Gasteiger partial charge < -0.3 is 20.4 Å². The zero-order valence-electron chi connectivity index (χ0n) is 12.0. The van der Waals surface area contributed by atoms with Gasteiger partial charge in [0.1, 0.15) is 6.04 Å². The lowest BCUT2D eigenvalue weighted by molar-refractivity contribution is -0.121. The average Bonchev–Trinajstić information content (AvgIpc) is 2.76. The van der Waals surface area contributed by atoms with Crippen LogP contribution in [0.4, 0.5) is 6.01 Å². The quantitative estimate of drug-likeness (QED) is 0.645. The van der Waals surface area contributed by atoms with Gasteiger partial charge in [-0.15, -0.1) is 5.10 Å². The van der Waals surface area contributed by atoms with Crippen molar-refractivity contribution < 1.29 is 9.21 Å². The lowest BCUT2D eigenvalue weighted by Crippen LogP contribution is -2.37. The Balaban J connectivity index is 2.39. The zero-order chi connectivity index (χ0) is 14.3. The van der Waals surface area contributed by atoms with E-state index in [2.05, 4.69) is 40.0 Å². The number of amides is 1. The summed E-state index contributed by atoms with van der Waals surface area (Å²) in [6, 6.07) is -0.142. The van der Waals surface area contributed by atoms with E-state index in [4.69, 9.17) is 4.42 Å². The minimum atomic E-state index is -0.406. The summed E-state index contributed by atoms with van der Waals surface area (Å²) in [7, 11) is 0. The summed E-state index contributed by atoms with van der Waals surface area (Å²) >= 11 is 0. The minimum Gasteiger partial charge on any atom is -0.407 e. The highest BCUT2D eigenvalue weighted by Gasteiger charge is 2.14. The van der Waals surface area contributed by atoms with Crippen LogP contribution in [0.2, 0.25) is 0 Å². The molecule has 0 aliphatic heterocycles. The van der Waals surface area contributed by atoms with Crippen molar-refractivity contribution in [1.29, 1.82) is 0 Å². The first-order valence-corrected chi connectivity index (χ1v) is 6.60. The van der Waals surface area contributed by atoms with Crippen LogP contribution in [0.1, 0.15) is 33.6 Å². The maximum absolute atomic E-state index is 11.5. The largest absolute Gasteiger partial charge is 0.407 e. The highest BCUT2D eigenvalue weighted by molar-refractivity contribution is 5.83. The first-order valence-electron chi connectivity index (χ1n) is 6.60. The SMILES string of the molecule is CCNC(=O)C(C)Nc1nnc(CNCC(C)C)o1. The van der Waals surface area contributed by atoms with Gasteiger partial charge in [-0.25, -0.2) is 0 Å². The normalized spacial score (nSPS) is 12.5. The lowest BCUT2D eigenvalue weighted by atomic mass is 10.2. The molecule has 0 saturated carbocycles. The van der Waals surface area contributed by atoms with Crippen LogP contribution in [-0.2, 0) is 11.3 Å². The summed E-state index contributed by atoms with van der Waals surface area (Å²) in [6.45, 7) is 9.88. The zero-order valence-corrected chi connectivity index (χ0v) is 12.0. The van der Waals surface area contributed by atoms with Crippen molar-refractivity contribution in [3.05, 3.63) is 5.89 Å². The molecule has 0 saturated heterocycles. The first kappa shape index (κ1) is 15.4. The fourth-order valence-electron chi connectivity index (χ4n) is 1.43. The Kier molecular flexibility index (Phi) is 6.27. The number of anilines is 1. The molecular weight excluding hydrogens is 246 g/mol. The van der Waals surface area contributed by atoms with E-state index < -0.39 is 6.04 Å². The van der Waals surface area contributed by atoms with Crippen LogP contribution in [0.15, 0.2) is 4.42 Å². The Bertz CT molecular complexity index is 391. The highest BCUT2D eigenvalue weighted by atomic mass is 16.4. The van der Waals surface area contributed by atoms with E-state index in [1.165, 1.54) is 0 Å². The Morgan fingerprint density at radius 1 is 1.32 bits per heavy atom. The van der Waals surface area contributed by atoms with Gasteiger partial charge in [-0.1, -0.05) is 18.9 Å². The Hall–Kier alpha value is -1.63. The van der Waals surface area contributed by atoms with Crippen molar-refractivity contribution in [2.45, 2.75) is 40.3 Å². The van der Waals surface area contributed by atoms with Crippen molar-refractivity contribution in [2.24, 2.45) is 5.92 Å². The fraction of sp³-hybridized carbons (Fsp3) is 0.750. The molecule has 0 aliphatic rings. The van der Waals surface area contributed by atoms with Crippen LogP contribution in [0.5, 0.6) is 0 Å². The Morgan fingerprint density at radius 3 is 2.68 bits per heavy atom. The molecular formula is C12H23N5O2. The molecule has 1 aromatic rings. The van der Waals surface area contributed by atoms with Crippen LogP contribution in [-0.4, -0.2) is 35.2 Å². The number of hydrogen-bond acceptors (Lipinski definition) is 6. The topological polar surface area (TPSA) is 92.1 Å². The molecule has 1 amide bonds. The molecule has 1 rings (SSSR count). The van der Waals surface area contributed by atoms with Crippen molar-refractivity contribution >= 4 is 11.9 Å². The standard InChI is InChI=1S/C12H23N5O2/c1-5-14-11(18)9(4)15-12-17-16-10(19-12)7-13-6-8(2)3/h8-9,13H,5-7H2,1-4H3,(H,14,18)(H,15,17). The molecule has 3 N–H and O–H groups in total. The van der Waals surface area contributed by atoms with E-state index in [9.17, 15) is 4.79 Å². The van der Waals surface area contributed by atoms with Gasteiger partial charge >= 0.3 is 6.01 Å². The molecule has 0 fully saturated rings. The molecule has 1 heterocycles. The highest BCUT2D eigenvalue weighted by Crippen LogP contribution is 2.07. The van der Waals surface area contributed by atoms with E-state index in [0.29, 0.717) is 24.9 Å². The molecule has 0 aromatic carbocycles. The van der Waals surface area contributed by atoms with Gasteiger partial charge in [0.2, 0.25) is 11.8 Å². The maximum Gasteiger partial charge on any atom is 0.316 e. The molecule has 7 nitrogen and oxygen atoms in total. The molecule has 19 heavy (non-hydrogen) atoms. The van der Waals surface area contributed by atoms with Crippen LogP contribution in [0.25, 0.3) is 0 Å². The third kappa shape index (κ3) is 5.69. The molecule has 0 aliphatic carbocycles. The van der Waals surface area contributed by atoms with E-state index >= 15 is 0 Å². The van der Waals surface area contributed by atoms with Crippen molar-refractivity contribution in [1.82, 2.24) is 20.8 Å². The molecule has 0 bridgehead atoms. The van der Waals surface area contributed by atoms with E-state index in [0.717, 1.165) is 6.54 Å². The third-order valence-electron chi connectivity index (χ3n) is 2.38. The number of carbonyl (C=O) groups is 1. The van der Waals surface area contributed by atoms with E-state index in [-0.39, 0.29) is 11.9 Å². The molecule has 7 heteroatoms. The number of likely N-dealkylation sites (N-methyl/N-ethyl adjacent to an activating group) is 1. The molecule has 1 unspecified atom stereocenters. The van der Waals surface area contributed by atoms with Crippen molar-refractivity contribution in [3.63, 3.8) is 0 Å². The van der Waals surface area contributed by atoms with Gasteiger partial charge in [0.25, 0.3) is 0 Å². The Labute approximate surface area is 113 Å². The summed E-state index contributed by atoms with van der Waals surface area (Å²) in [5.74, 6) is 0.977. The summed E-state index contributed by atoms with van der Waals surface area (Å²) in [4.78, 5) is 11.5. The second kappa shape index (κ2) is 7.73. The van der Waals surface area contributed by atoms with Gasteiger partial charge in [-0.05, 0) is 26.3 Å². The molecule has 108 valence electrons. The summed E-state index contributed by atoms with van der Waals surface area (Å²) < 4.78 is 5.39. The second-order valence-corrected chi connectivity index (χ2v) is 4.79. The summed E-state index contributed by atoms with van der Waals surface area (Å²) in [6.07, 6.45) is 0. The second-order valence-electron chi connectivity index (χ2n) is 4.79. The van der Waals surface area contributed by atoms with Crippen LogP contribution in [0, 0.1) is 5.92 Å². The number of hydrogen-bond donors (Lipinski definition) is 3. The molecule has 1 aromatic heterocycles. The van der Waals surface area contributed by atoms with Crippen molar-refractivity contribution in [2.75, 3.05) is 18.4 Å². The molecule has 0 radical (unpaired) electrons. The maximum atomic E-state index is 11.5. The Morgan fingerprint density at radius 2 is 2.05 bits per heavy atom. The van der Waals surface area contributed by atoms with Crippen LogP contribution < -0.4 is 16.0 Å². The number of carbonyl (C=O) groups excluding carboxylic acids is 1. The minimum absolute atomic E-state index is 0.0971. The molecule has 1 atom stereocenters. The third-order valence-corrected chi connectivity index (χ3v) is 2.38. The lowest BCUT2D eigenvalue weighted by Gasteiger charge is -2.10. The van der Waals surface area contributed by atoms with E-state index in [1.807, 2.05) is 6.92 Å². The van der Waals surface area contributed by atoms with Gasteiger partial charge in [-0.3, -0.25) is 4.79 Å². The van der Waals surface area contributed by atoms with Gasteiger partial charge in [0.05, 0.1) is 6.54 Å². The number of aromatic nitrogens is 2. The summed E-state index contributed by atoms with van der Waals surface area (Å²) in [5.41, 5.74) is 0. The average molecular weight is 269 g/mol. The first-order chi connectivity index (χ1) is 9.02. The molecule has 0 spiro atoms. The summed E-state index contributed by atoms with van der Waals surface area (Å²) in [5, 5.41) is 16.5. The van der Waals surface area contributed by atoms with E-state index in [1.54, 1.807) is 6.92 Å². The monoisotopic (exact) mass is 269 g/mol. The van der Waals surface area contributed by atoms with Gasteiger partial charge in [0, 0.05) is 6.54 Å². The van der Waals surface area contributed by atoms with Crippen LogP contribution in [0.3, 0.4) is 0 Å². The smallest absolute Gasteiger partial charge is 0.316 e. The fourth-order valence-corrected chi connectivity index (χ4v) is 1.43. The van der Waals surface area contributed by atoms with Crippen molar-refractivity contribution in [3.8, 4) is 0 Å². The number of nitrogens with zero attached hydrogens (tertiary/aromatic N) is 2. The number of rotatable bonds is 8. The predicted octanol–water partition coefficient (Wildman–Crippen LogP) is 0.752.